The third-order valence-corrected chi connectivity index (χ3v) is 13.4. The summed E-state index contributed by atoms with van der Waals surface area (Å²) in [6, 6.07) is 13.2. The number of rotatable bonds is 6. The zero-order chi connectivity index (χ0) is 37.0. The summed E-state index contributed by atoms with van der Waals surface area (Å²) in [5, 5.41) is 6.27. The van der Waals surface area contributed by atoms with E-state index in [0.717, 1.165) is 38.5 Å². The van der Waals surface area contributed by atoms with Crippen LogP contribution in [0.2, 0.25) is 0 Å². The van der Waals surface area contributed by atoms with Crippen molar-refractivity contribution in [3.63, 3.8) is 0 Å². The first kappa shape index (κ1) is 35.6. The van der Waals surface area contributed by atoms with Crippen molar-refractivity contribution in [3.05, 3.63) is 60.7 Å². The minimum Gasteiger partial charge on any atom is -0.492 e. The molecule has 13 nitrogen and oxygen atoms in total. The monoisotopic (exact) mass is 745 g/mol. The molecule has 1 unspecified atom stereocenters. The zero-order valence-corrected chi connectivity index (χ0v) is 31.0. The van der Waals surface area contributed by atoms with Crippen LogP contribution in [-0.2, 0) is 29.1 Å². The highest BCUT2D eigenvalue weighted by molar-refractivity contribution is 7.90. The van der Waals surface area contributed by atoms with Gasteiger partial charge >= 0.3 is 0 Å². The quantitative estimate of drug-likeness (QED) is 0.308. The number of likely N-dealkylation sites (tertiary alicyclic amines) is 1. The van der Waals surface area contributed by atoms with Gasteiger partial charge in [0.15, 0.2) is 5.58 Å². The summed E-state index contributed by atoms with van der Waals surface area (Å²) in [4.78, 5) is 49.1. The van der Waals surface area contributed by atoms with E-state index in [0.29, 0.717) is 37.5 Å². The van der Waals surface area contributed by atoms with Gasteiger partial charge in [-0.05, 0) is 62.3 Å². The number of nitrogens with one attached hydrogen (secondary N) is 3. The predicted molar refractivity (Wildman–Crippen MR) is 195 cm³/mol. The van der Waals surface area contributed by atoms with Gasteiger partial charge in [0.2, 0.25) is 11.8 Å². The lowest BCUT2D eigenvalue weighted by atomic mass is 9.82. The molecule has 2 saturated heterocycles. The summed E-state index contributed by atoms with van der Waals surface area (Å²) in [6.45, 7) is 5.79. The molecule has 3 amide bonds. The summed E-state index contributed by atoms with van der Waals surface area (Å²) < 4.78 is 47.1. The minimum absolute atomic E-state index is 0.126. The van der Waals surface area contributed by atoms with Crippen LogP contribution >= 0.6 is 0 Å². The maximum Gasteiger partial charge on any atom is 0.296 e. The van der Waals surface area contributed by atoms with E-state index in [2.05, 4.69) is 20.3 Å². The molecule has 2 aromatic carbocycles. The van der Waals surface area contributed by atoms with E-state index in [9.17, 15) is 22.8 Å². The molecule has 3 aromatic rings. The molecule has 3 aliphatic heterocycles. The van der Waals surface area contributed by atoms with Gasteiger partial charge in [-0.25, -0.2) is 13.1 Å². The van der Waals surface area contributed by atoms with Crippen LogP contribution in [0.5, 0.6) is 5.75 Å². The number of nitrogens with zero attached hydrogens (tertiary/aromatic N) is 2. The summed E-state index contributed by atoms with van der Waals surface area (Å²) in [6.07, 6.45) is 9.44. The molecule has 0 bridgehead atoms. The van der Waals surface area contributed by atoms with Crippen LogP contribution in [0, 0.1) is 28.6 Å². The Labute approximate surface area is 309 Å². The van der Waals surface area contributed by atoms with Gasteiger partial charge in [-0.1, -0.05) is 63.1 Å². The first-order chi connectivity index (χ1) is 25.5. The van der Waals surface area contributed by atoms with Crippen molar-refractivity contribution in [2.24, 2.45) is 28.6 Å². The molecule has 282 valence electrons. The lowest BCUT2D eigenvalue weighted by molar-refractivity contribution is -0.134. The number of hydrogen-bond acceptors (Lipinski definition) is 10. The molecular formula is C39H47N5O8S. The average Bonchev–Trinajstić information content (AvgIpc) is 3.86. The molecule has 5 atom stereocenters. The third kappa shape index (κ3) is 6.37. The second-order valence-corrected chi connectivity index (χ2v) is 17.5. The molecule has 2 spiro atoms. The number of oxazole rings is 1. The fourth-order valence-corrected chi connectivity index (χ4v) is 9.90. The highest BCUT2D eigenvalue weighted by Gasteiger charge is 2.78. The van der Waals surface area contributed by atoms with Crippen LogP contribution in [-0.4, -0.2) is 80.5 Å². The molecule has 5 aliphatic rings. The molecule has 3 N–H and O–H groups in total. The van der Waals surface area contributed by atoms with Crippen LogP contribution in [0.15, 0.2) is 70.0 Å². The number of hydrogen-bond donors (Lipinski definition) is 3. The topological polar surface area (TPSA) is 169 Å². The molecule has 4 fully saturated rings. The first-order valence-electron chi connectivity index (χ1n) is 18.7. The second kappa shape index (κ2) is 13.5. The first-order valence-corrected chi connectivity index (χ1v) is 20.2. The summed E-state index contributed by atoms with van der Waals surface area (Å²) in [5.74, 6) is -2.28. The van der Waals surface area contributed by atoms with E-state index >= 15 is 0 Å². The molecule has 2 saturated carbocycles. The second-order valence-electron chi connectivity index (χ2n) is 15.9. The number of sulfonamides is 1. The van der Waals surface area contributed by atoms with Gasteiger partial charge in [-0.15, -0.1) is 0 Å². The number of anilines is 1. The zero-order valence-electron chi connectivity index (χ0n) is 30.1. The molecule has 4 heterocycles. The smallest absolute Gasteiger partial charge is 0.296 e. The SMILES string of the molecule is CC(C)C(Nc1nc2ccccc2o1)C(=O)N1C[C@H](C(=O)N[C@]23C[C@@H]2/C=C\CCCCCCOc2ccccc2S(=O)(=O)NC3=O)[C@]2(C1)CC21COC1. The van der Waals surface area contributed by atoms with Crippen molar-refractivity contribution in [1.29, 1.82) is 0 Å². The fourth-order valence-electron chi connectivity index (χ4n) is 8.71. The summed E-state index contributed by atoms with van der Waals surface area (Å²) in [7, 11) is -4.34. The Bertz CT molecular complexity index is 2030. The highest BCUT2D eigenvalue weighted by atomic mass is 32.2. The molecule has 14 heteroatoms. The molecular weight excluding hydrogens is 699 g/mol. The van der Waals surface area contributed by atoms with Crippen molar-refractivity contribution < 1.29 is 36.7 Å². The summed E-state index contributed by atoms with van der Waals surface area (Å²) >= 11 is 0. The maximum absolute atomic E-state index is 14.6. The number of aromatic nitrogens is 1. The van der Waals surface area contributed by atoms with Crippen LogP contribution in [0.4, 0.5) is 6.01 Å². The molecule has 0 radical (unpaired) electrons. The third-order valence-electron chi connectivity index (χ3n) is 12.0. The summed E-state index contributed by atoms with van der Waals surface area (Å²) in [5.41, 5.74) is -0.909. The lowest BCUT2D eigenvalue weighted by Crippen LogP contribution is -2.54. The number of fused-ring (bicyclic) bond motifs is 4. The Morgan fingerprint density at radius 1 is 1.04 bits per heavy atom. The van der Waals surface area contributed by atoms with Crippen LogP contribution < -0.4 is 20.1 Å². The van der Waals surface area contributed by atoms with Crippen molar-refractivity contribution in [1.82, 2.24) is 19.9 Å². The number of para-hydroxylation sites is 3. The van der Waals surface area contributed by atoms with Gasteiger partial charge in [-0.2, -0.15) is 4.98 Å². The maximum atomic E-state index is 14.6. The number of carbonyl (C=O) groups is 3. The molecule has 53 heavy (non-hydrogen) atoms. The number of benzene rings is 2. The predicted octanol–water partition coefficient (Wildman–Crippen LogP) is 4.41. The standard InChI is InChI=1S/C39H47N5O8S/c1-25(2)32(41-36-40-28-14-8-9-15-29(28)52-36)34(46)44-20-27(38(22-44)21-37(38)23-50-24-37)33(45)42-39-19-26(39)13-7-5-3-4-6-12-18-51-30-16-10-11-17-31(30)53(48,49)43-35(39)47/h7-11,13-17,25-27,32H,3-6,12,18-24H2,1-2H3,(H,40,41)(H,42,45)(H,43,47)/b13-7-/t26-,27+,32?,38+,39+/m0/s1. The van der Waals surface area contributed by atoms with Gasteiger partial charge in [-0.3, -0.25) is 14.4 Å². The Morgan fingerprint density at radius 2 is 1.81 bits per heavy atom. The Hall–Kier alpha value is -4.43. The van der Waals surface area contributed by atoms with E-state index in [1.54, 1.807) is 23.1 Å². The van der Waals surface area contributed by atoms with Crippen LogP contribution in [0.25, 0.3) is 11.1 Å². The van der Waals surface area contributed by atoms with Gasteiger partial charge < -0.3 is 29.4 Å². The average molecular weight is 746 g/mol. The van der Waals surface area contributed by atoms with Crippen molar-refractivity contribution in [2.45, 2.75) is 75.3 Å². The molecule has 2 aliphatic carbocycles. The van der Waals surface area contributed by atoms with Gasteiger partial charge in [0, 0.05) is 29.8 Å². The minimum atomic E-state index is -4.34. The van der Waals surface area contributed by atoms with E-state index in [1.165, 1.54) is 6.07 Å². The highest BCUT2D eigenvalue weighted by Crippen LogP contribution is 2.73. The van der Waals surface area contributed by atoms with E-state index in [-0.39, 0.29) is 58.7 Å². The Balaban J connectivity index is 1.04. The Morgan fingerprint density at radius 3 is 2.57 bits per heavy atom. The van der Waals surface area contributed by atoms with Crippen molar-refractivity contribution in [3.8, 4) is 5.75 Å². The van der Waals surface area contributed by atoms with Crippen LogP contribution in [0.3, 0.4) is 0 Å². The van der Waals surface area contributed by atoms with Gasteiger partial charge in [0.25, 0.3) is 21.9 Å². The van der Waals surface area contributed by atoms with Gasteiger partial charge in [0.05, 0.1) is 25.7 Å². The van der Waals surface area contributed by atoms with E-state index in [4.69, 9.17) is 13.9 Å². The fraction of sp³-hybridized carbons (Fsp3) is 0.538. The van der Waals surface area contributed by atoms with E-state index < -0.39 is 38.8 Å². The number of ether oxygens (including phenoxy) is 2. The lowest BCUT2D eigenvalue weighted by Gasteiger charge is -2.33. The number of allylic oxidation sites excluding steroid dienone is 1. The van der Waals surface area contributed by atoms with E-state index in [1.807, 2.05) is 50.3 Å². The van der Waals surface area contributed by atoms with Crippen LogP contribution in [0.1, 0.15) is 58.8 Å². The normalized spacial score (nSPS) is 30.0. The van der Waals surface area contributed by atoms with Crippen molar-refractivity contribution in [2.75, 3.05) is 38.2 Å². The van der Waals surface area contributed by atoms with Crippen molar-refractivity contribution >= 4 is 44.9 Å². The largest absolute Gasteiger partial charge is 0.492 e. The number of carbonyl (C=O) groups excluding carboxylic acids is 3. The molecule has 8 rings (SSSR count). The van der Waals surface area contributed by atoms with Gasteiger partial charge in [0.1, 0.15) is 27.7 Å². The Kier molecular flexibility index (Phi) is 9.03. The number of amides is 3. The molecule has 1 aromatic heterocycles.